The Morgan fingerprint density at radius 3 is 2.38 bits per heavy atom. The van der Waals surface area contributed by atoms with Crippen LogP contribution in [0.15, 0.2) is 36.8 Å². The summed E-state index contributed by atoms with van der Waals surface area (Å²) in [6, 6.07) is 8.39. The minimum Gasteiger partial charge on any atom is -0.492 e. The molecule has 0 bridgehead atoms. The summed E-state index contributed by atoms with van der Waals surface area (Å²) < 4.78 is 7.49. The molecule has 3 fully saturated rings. The molecule has 5 heterocycles. The summed E-state index contributed by atoms with van der Waals surface area (Å²) in [5.74, 6) is 1.75. The van der Waals surface area contributed by atoms with Gasteiger partial charge in [0.1, 0.15) is 17.6 Å². The Morgan fingerprint density at radius 2 is 1.79 bits per heavy atom. The zero-order valence-electron chi connectivity index (χ0n) is 25.1. The van der Waals surface area contributed by atoms with Crippen molar-refractivity contribution in [1.82, 2.24) is 29.7 Å². The second-order valence-corrected chi connectivity index (χ2v) is 12.1. The number of nitrogens with one attached hydrogen (secondary N) is 1. The number of piperidine rings is 1. The Kier molecular flexibility index (Phi) is 7.81. The van der Waals surface area contributed by atoms with Crippen molar-refractivity contribution in [2.45, 2.75) is 52.0 Å². The van der Waals surface area contributed by atoms with Crippen molar-refractivity contribution in [3.05, 3.63) is 42.4 Å². The third-order valence-electron chi connectivity index (χ3n) is 9.74. The van der Waals surface area contributed by atoms with Gasteiger partial charge in [0.25, 0.3) is 0 Å². The van der Waals surface area contributed by atoms with Crippen LogP contribution in [0.1, 0.15) is 52.0 Å². The maximum atomic E-state index is 12.3. The van der Waals surface area contributed by atoms with Gasteiger partial charge >= 0.3 is 0 Å². The lowest BCUT2D eigenvalue weighted by Crippen LogP contribution is -2.60. The van der Waals surface area contributed by atoms with Crippen LogP contribution in [0.2, 0.25) is 0 Å². The van der Waals surface area contributed by atoms with Crippen LogP contribution in [0.3, 0.4) is 0 Å². The number of nitriles is 1. The molecule has 2 saturated heterocycles. The molecule has 10 nitrogen and oxygen atoms in total. The van der Waals surface area contributed by atoms with Gasteiger partial charge < -0.3 is 24.8 Å². The molecule has 42 heavy (non-hydrogen) atoms. The quantitative estimate of drug-likeness (QED) is 0.417. The average molecular weight is 571 g/mol. The molecule has 0 spiro atoms. The molecule has 0 radical (unpaired) electrons. The molecule has 0 unspecified atom stereocenters. The fourth-order valence-electron chi connectivity index (χ4n) is 7.27. The van der Waals surface area contributed by atoms with E-state index in [0.717, 1.165) is 101 Å². The molecule has 222 valence electrons. The number of carbonyl (C=O) groups excluding carboxylic acids is 1. The molecule has 10 heteroatoms. The summed E-state index contributed by atoms with van der Waals surface area (Å²) >= 11 is 0. The Morgan fingerprint density at radius 1 is 1.05 bits per heavy atom. The van der Waals surface area contributed by atoms with E-state index in [4.69, 9.17) is 9.72 Å². The Labute approximate surface area is 248 Å². The molecule has 3 aromatic rings. The van der Waals surface area contributed by atoms with Gasteiger partial charge in [-0.3, -0.25) is 4.79 Å². The number of piperazine rings is 1. The van der Waals surface area contributed by atoms with Crippen LogP contribution in [0.25, 0.3) is 16.6 Å². The van der Waals surface area contributed by atoms with Crippen LogP contribution >= 0.6 is 0 Å². The molecule has 1 aliphatic carbocycles. The van der Waals surface area contributed by atoms with Crippen LogP contribution in [0.5, 0.6) is 5.75 Å². The number of fused-ring (bicyclic) bond motifs is 1. The molecule has 1 saturated carbocycles. The molecule has 3 aliphatic rings. The highest BCUT2D eigenvalue weighted by Crippen LogP contribution is 2.56. The average Bonchev–Trinajstić information content (AvgIpc) is 3.67. The smallest absolute Gasteiger partial charge is 0.217 e. The maximum Gasteiger partial charge on any atom is 0.217 e. The first kappa shape index (κ1) is 28.4. The standard InChI is InChI=1S/C32H42N8O2/c1-4-37-14-16-38(17-15-37)23-31(32(8-9-32)36-24(3)41)10-12-39(13-11-31)29-7-6-25(20-34-29)28-18-27(42-5-2)22-40-30(28)26(19-33)21-35-40/h6-7,18,20-22H,4-5,8-17,23H2,1-3H3,(H,36,41). The van der Waals surface area contributed by atoms with Gasteiger partial charge in [-0.15, -0.1) is 0 Å². The van der Waals surface area contributed by atoms with Crippen LogP contribution in [-0.4, -0.2) is 94.8 Å². The number of anilines is 1. The predicted molar refractivity (Wildman–Crippen MR) is 163 cm³/mol. The largest absolute Gasteiger partial charge is 0.492 e. The van der Waals surface area contributed by atoms with Crippen molar-refractivity contribution in [3.8, 4) is 22.9 Å². The van der Waals surface area contributed by atoms with Crippen LogP contribution in [0.4, 0.5) is 5.82 Å². The van der Waals surface area contributed by atoms with Gasteiger partial charge in [-0.1, -0.05) is 6.92 Å². The first-order valence-electron chi connectivity index (χ1n) is 15.4. The summed E-state index contributed by atoms with van der Waals surface area (Å²) in [5, 5.41) is 17.5. The van der Waals surface area contributed by atoms with Crippen molar-refractivity contribution in [1.29, 1.82) is 5.26 Å². The molecule has 2 aliphatic heterocycles. The minimum atomic E-state index is -0.0786. The minimum absolute atomic E-state index is 0.0739. The van der Waals surface area contributed by atoms with Crippen molar-refractivity contribution < 1.29 is 9.53 Å². The second-order valence-electron chi connectivity index (χ2n) is 12.1. The van der Waals surface area contributed by atoms with Crippen molar-refractivity contribution in [2.24, 2.45) is 5.41 Å². The number of hydrogen-bond donors (Lipinski definition) is 1. The van der Waals surface area contributed by atoms with Gasteiger partial charge in [-0.25, -0.2) is 9.50 Å². The number of rotatable bonds is 9. The van der Waals surface area contributed by atoms with Crippen molar-refractivity contribution in [3.63, 3.8) is 0 Å². The van der Waals surface area contributed by atoms with E-state index in [2.05, 4.69) is 50.2 Å². The van der Waals surface area contributed by atoms with Crippen LogP contribution in [0, 0.1) is 16.7 Å². The molecular weight excluding hydrogens is 528 g/mol. The van der Waals surface area contributed by atoms with Crippen molar-refractivity contribution in [2.75, 3.05) is 63.9 Å². The molecule has 1 amide bonds. The SMILES string of the molecule is CCOc1cc(-c2ccc(N3CCC(CN4CCN(CC)CC4)(C4(NC(C)=O)CC4)CC3)nc2)c2c(C#N)cnn2c1. The van der Waals surface area contributed by atoms with E-state index in [9.17, 15) is 10.1 Å². The van der Waals surface area contributed by atoms with Crippen molar-refractivity contribution >= 4 is 17.2 Å². The number of ether oxygens (including phenoxy) is 1. The third-order valence-corrected chi connectivity index (χ3v) is 9.74. The highest BCUT2D eigenvalue weighted by molar-refractivity contribution is 5.85. The fourth-order valence-corrected chi connectivity index (χ4v) is 7.27. The lowest BCUT2D eigenvalue weighted by Gasteiger charge is -2.51. The lowest BCUT2D eigenvalue weighted by atomic mass is 9.69. The van der Waals surface area contributed by atoms with E-state index >= 15 is 0 Å². The zero-order valence-corrected chi connectivity index (χ0v) is 25.1. The van der Waals surface area contributed by atoms with Gasteiger partial charge in [0, 0.05) is 81.0 Å². The van der Waals surface area contributed by atoms with E-state index in [-0.39, 0.29) is 16.9 Å². The van der Waals surface area contributed by atoms with E-state index < -0.39 is 0 Å². The van der Waals surface area contributed by atoms with Gasteiger partial charge in [0.2, 0.25) is 5.91 Å². The van der Waals surface area contributed by atoms with Gasteiger partial charge in [-0.2, -0.15) is 10.4 Å². The normalized spacial score (nSPS) is 20.3. The second kappa shape index (κ2) is 11.5. The van der Waals surface area contributed by atoms with E-state index in [1.54, 1.807) is 17.6 Å². The number of nitrogens with zero attached hydrogens (tertiary/aromatic N) is 7. The molecule has 0 atom stereocenters. The van der Waals surface area contributed by atoms with Crippen LogP contribution in [-0.2, 0) is 4.79 Å². The Bertz CT molecular complexity index is 1460. The Hall–Kier alpha value is -3.68. The number of amides is 1. The first-order chi connectivity index (χ1) is 20.4. The summed E-state index contributed by atoms with van der Waals surface area (Å²) in [6.45, 7) is 14.8. The lowest BCUT2D eigenvalue weighted by molar-refractivity contribution is -0.121. The van der Waals surface area contributed by atoms with Gasteiger partial charge in [-0.05, 0) is 57.4 Å². The zero-order chi connectivity index (χ0) is 29.3. The van der Waals surface area contributed by atoms with Gasteiger partial charge in [0.15, 0.2) is 0 Å². The highest BCUT2D eigenvalue weighted by Gasteiger charge is 2.60. The topological polar surface area (TPSA) is 102 Å². The summed E-state index contributed by atoms with van der Waals surface area (Å²) in [5.41, 5.74) is 3.07. The molecular formula is C32H42N8O2. The highest BCUT2D eigenvalue weighted by atomic mass is 16.5. The fraction of sp³-hybridized carbons (Fsp3) is 0.562. The predicted octanol–water partition coefficient (Wildman–Crippen LogP) is 3.56. The van der Waals surface area contributed by atoms with E-state index in [1.807, 2.05) is 25.4 Å². The van der Waals surface area contributed by atoms with Crippen LogP contribution < -0.4 is 15.0 Å². The number of pyridine rings is 2. The summed E-state index contributed by atoms with van der Waals surface area (Å²) in [6.07, 6.45) is 9.50. The van der Waals surface area contributed by atoms with E-state index in [1.165, 1.54) is 0 Å². The summed E-state index contributed by atoms with van der Waals surface area (Å²) in [4.78, 5) is 24.7. The molecule has 0 aromatic carbocycles. The third kappa shape index (κ3) is 5.32. The first-order valence-corrected chi connectivity index (χ1v) is 15.4. The summed E-state index contributed by atoms with van der Waals surface area (Å²) in [7, 11) is 0. The number of carbonyl (C=O) groups is 1. The maximum absolute atomic E-state index is 12.3. The number of aromatic nitrogens is 3. The Balaban J connectivity index is 1.21. The number of likely N-dealkylation sites (N-methyl/N-ethyl adjacent to an activating group) is 1. The monoisotopic (exact) mass is 570 g/mol. The van der Waals surface area contributed by atoms with E-state index in [0.29, 0.717) is 17.9 Å². The number of hydrogen-bond acceptors (Lipinski definition) is 8. The molecule has 3 aromatic heterocycles. The molecule has 1 N–H and O–H groups in total. The molecule has 6 rings (SSSR count). The van der Waals surface area contributed by atoms with Gasteiger partial charge in [0.05, 0.1) is 30.1 Å².